The summed E-state index contributed by atoms with van der Waals surface area (Å²) in [5, 5.41) is 25.7. The number of anilines is 1. The maximum absolute atomic E-state index is 9.38. The van der Waals surface area contributed by atoms with E-state index in [4.69, 9.17) is 0 Å². The minimum atomic E-state index is 0.291. The molecular weight excluding hydrogens is 362 g/mol. The molecule has 1 unspecified atom stereocenters. The van der Waals surface area contributed by atoms with Crippen molar-refractivity contribution in [2.24, 2.45) is 4.99 Å². The number of nitrogens with one attached hydrogen (secondary N) is 2. The maximum atomic E-state index is 9.38. The Hall–Kier alpha value is -3.20. The molecule has 0 spiro atoms. The van der Waals surface area contributed by atoms with Crippen molar-refractivity contribution >= 4 is 11.6 Å². The Morgan fingerprint density at radius 2 is 2.03 bits per heavy atom. The van der Waals surface area contributed by atoms with E-state index in [9.17, 15) is 10.4 Å². The fourth-order valence-electron chi connectivity index (χ4n) is 3.71. The summed E-state index contributed by atoms with van der Waals surface area (Å²) in [4.78, 5) is 6.65. The third kappa shape index (κ3) is 5.89. The molecule has 1 fully saturated rings. The Morgan fingerprint density at radius 1 is 1.24 bits per heavy atom. The number of hydrogen-bond donors (Lipinski definition) is 3. The van der Waals surface area contributed by atoms with Crippen molar-refractivity contribution in [1.82, 2.24) is 10.6 Å². The van der Waals surface area contributed by atoms with Gasteiger partial charge in [0.1, 0.15) is 11.8 Å². The molecule has 0 bridgehead atoms. The van der Waals surface area contributed by atoms with Gasteiger partial charge in [0.05, 0.1) is 11.3 Å². The Balaban J connectivity index is 1.47. The molecule has 0 saturated carbocycles. The standard InChI is InChI=1S/C23H29N5O/c1-25-23(26-14-4-6-18-10-12-21(29)13-11-18)27-20-8-5-15-28(17-20)22-9-3-2-7-19(22)16-24/h2-3,7,9-13,20,29H,4-6,8,14-15,17H2,1H3,(H2,25,26,27). The van der Waals surface area contributed by atoms with Gasteiger partial charge in [-0.2, -0.15) is 5.26 Å². The van der Waals surface area contributed by atoms with E-state index in [1.807, 2.05) is 36.4 Å². The van der Waals surface area contributed by atoms with Crippen LogP contribution in [0.25, 0.3) is 0 Å². The minimum absolute atomic E-state index is 0.291. The number of phenolic OH excluding ortho intramolecular Hbond substituents is 1. The molecule has 0 aliphatic carbocycles. The number of guanidine groups is 1. The lowest BCUT2D eigenvalue weighted by molar-refractivity contribution is 0.467. The third-order valence-corrected chi connectivity index (χ3v) is 5.22. The van der Waals surface area contributed by atoms with Crippen LogP contribution in [0.2, 0.25) is 0 Å². The molecular formula is C23H29N5O. The molecule has 1 heterocycles. The number of rotatable bonds is 6. The number of aliphatic imine (C=N–C) groups is 1. The van der Waals surface area contributed by atoms with Crippen molar-refractivity contribution in [3.05, 3.63) is 59.7 Å². The number of hydrogen-bond acceptors (Lipinski definition) is 4. The van der Waals surface area contributed by atoms with E-state index in [2.05, 4.69) is 26.6 Å². The van der Waals surface area contributed by atoms with Crippen LogP contribution in [0.3, 0.4) is 0 Å². The van der Waals surface area contributed by atoms with Crippen molar-refractivity contribution in [3.8, 4) is 11.8 Å². The van der Waals surface area contributed by atoms with Gasteiger partial charge in [0.2, 0.25) is 0 Å². The van der Waals surface area contributed by atoms with Crippen LogP contribution in [-0.2, 0) is 6.42 Å². The van der Waals surface area contributed by atoms with Gasteiger partial charge in [0.25, 0.3) is 0 Å². The summed E-state index contributed by atoms with van der Waals surface area (Å²) in [6.07, 6.45) is 4.10. The summed E-state index contributed by atoms with van der Waals surface area (Å²) in [6, 6.07) is 17.7. The summed E-state index contributed by atoms with van der Waals surface area (Å²) in [6.45, 7) is 2.65. The van der Waals surface area contributed by atoms with Gasteiger partial charge in [-0.1, -0.05) is 24.3 Å². The van der Waals surface area contributed by atoms with Gasteiger partial charge in [-0.25, -0.2) is 0 Å². The molecule has 6 heteroatoms. The van der Waals surface area contributed by atoms with E-state index in [0.717, 1.165) is 62.5 Å². The van der Waals surface area contributed by atoms with Gasteiger partial charge in [-0.3, -0.25) is 4.99 Å². The predicted octanol–water partition coefficient (Wildman–Crippen LogP) is 3.03. The summed E-state index contributed by atoms with van der Waals surface area (Å²) < 4.78 is 0. The second-order valence-electron chi connectivity index (χ2n) is 7.33. The SMILES string of the molecule is CN=C(NCCCc1ccc(O)cc1)NC1CCCN(c2ccccc2C#N)C1. The van der Waals surface area contributed by atoms with Crippen LogP contribution in [0, 0.1) is 11.3 Å². The first-order valence-electron chi connectivity index (χ1n) is 10.2. The lowest BCUT2D eigenvalue weighted by atomic mass is 10.0. The van der Waals surface area contributed by atoms with Crippen molar-refractivity contribution in [3.63, 3.8) is 0 Å². The van der Waals surface area contributed by atoms with Crippen LogP contribution in [0.1, 0.15) is 30.4 Å². The van der Waals surface area contributed by atoms with Crippen molar-refractivity contribution < 1.29 is 5.11 Å². The molecule has 3 rings (SSSR count). The topological polar surface area (TPSA) is 83.7 Å². The second kappa shape index (κ2) is 10.4. The zero-order valence-electron chi connectivity index (χ0n) is 16.9. The molecule has 3 N–H and O–H groups in total. The van der Waals surface area contributed by atoms with Gasteiger partial charge < -0.3 is 20.6 Å². The van der Waals surface area contributed by atoms with Gasteiger partial charge >= 0.3 is 0 Å². The van der Waals surface area contributed by atoms with Crippen molar-refractivity contribution in [1.29, 1.82) is 5.26 Å². The van der Waals surface area contributed by atoms with Gasteiger partial charge in [-0.05, 0) is 55.5 Å². The first kappa shape index (κ1) is 20.5. The first-order chi connectivity index (χ1) is 14.2. The molecule has 6 nitrogen and oxygen atoms in total. The van der Waals surface area contributed by atoms with Gasteiger partial charge in [0, 0.05) is 32.7 Å². The zero-order chi connectivity index (χ0) is 20.5. The summed E-state index contributed by atoms with van der Waals surface area (Å²) >= 11 is 0. The molecule has 1 saturated heterocycles. The van der Waals surface area contributed by atoms with Crippen molar-refractivity contribution in [2.45, 2.75) is 31.7 Å². The first-order valence-corrected chi connectivity index (χ1v) is 10.2. The predicted molar refractivity (Wildman–Crippen MR) is 117 cm³/mol. The number of aryl methyl sites for hydroxylation is 1. The molecule has 0 radical (unpaired) electrons. The largest absolute Gasteiger partial charge is 0.508 e. The van der Waals surface area contributed by atoms with Crippen molar-refractivity contribution in [2.75, 3.05) is 31.6 Å². The quantitative estimate of drug-likeness (QED) is 0.400. The molecule has 1 aliphatic heterocycles. The van der Waals surface area contributed by atoms with Gasteiger partial charge in [0.15, 0.2) is 5.96 Å². The number of aromatic hydroxyl groups is 1. The minimum Gasteiger partial charge on any atom is -0.508 e. The Bertz CT molecular complexity index is 856. The van der Waals surface area contributed by atoms with Crippen LogP contribution in [0.15, 0.2) is 53.5 Å². The summed E-state index contributed by atoms with van der Waals surface area (Å²) in [5.74, 6) is 1.12. The molecule has 1 atom stereocenters. The van der Waals surface area contributed by atoms with E-state index in [1.54, 1.807) is 19.2 Å². The highest BCUT2D eigenvalue weighted by Gasteiger charge is 2.22. The average Bonchev–Trinajstić information content (AvgIpc) is 2.77. The average molecular weight is 392 g/mol. The fourth-order valence-corrected chi connectivity index (χ4v) is 3.71. The number of nitrogens with zero attached hydrogens (tertiary/aromatic N) is 3. The van der Waals surface area contributed by atoms with Crippen LogP contribution in [0.4, 0.5) is 5.69 Å². The van der Waals surface area contributed by atoms with Crippen LogP contribution < -0.4 is 15.5 Å². The van der Waals surface area contributed by atoms with Crippen LogP contribution in [-0.4, -0.2) is 43.8 Å². The number of para-hydroxylation sites is 1. The number of piperidine rings is 1. The molecule has 2 aromatic rings. The van der Waals surface area contributed by atoms with Gasteiger partial charge in [-0.15, -0.1) is 0 Å². The Morgan fingerprint density at radius 3 is 2.79 bits per heavy atom. The van der Waals surface area contributed by atoms with E-state index >= 15 is 0 Å². The summed E-state index contributed by atoms with van der Waals surface area (Å²) in [5.41, 5.74) is 2.95. The number of nitriles is 1. The van der Waals surface area contributed by atoms with Crippen LogP contribution >= 0.6 is 0 Å². The Labute approximate surface area is 172 Å². The number of benzene rings is 2. The smallest absolute Gasteiger partial charge is 0.191 e. The summed E-state index contributed by atoms with van der Waals surface area (Å²) in [7, 11) is 1.79. The monoisotopic (exact) mass is 391 g/mol. The van der Waals surface area contributed by atoms with E-state index in [0.29, 0.717) is 11.8 Å². The fraction of sp³-hybridized carbons (Fsp3) is 0.391. The normalized spacial score (nSPS) is 16.9. The Kier molecular flexibility index (Phi) is 7.34. The molecule has 0 aromatic heterocycles. The molecule has 0 amide bonds. The molecule has 152 valence electrons. The van der Waals surface area contributed by atoms with E-state index in [-0.39, 0.29) is 0 Å². The highest BCUT2D eigenvalue weighted by molar-refractivity contribution is 5.80. The lowest BCUT2D eigenvalue weighted by Gasteiger charge is -2.35. The molecule has 2 aromatic carbocycles. The van der Waals surface area contributed by atoms with Crippen LogP contribution in [0.5, 0.6) is 5.75 Å². The zero-order valence-corrected chi connectivity index (χ0v) is 16.9. The van der Waals surface area contributed by atoms with E-state index in [1.165, 1.54) is 5.56 Å². The molecule has 29 heavy (non-hydrogen) atoms. The maximum Gasteiger partial charge on any atom is 0.191 e. The second-order valence-corrected chi connectivity index (χ2v) is 7.33. The van der Waals surface area contributed by atoms with E-state index < -0.39 is 0 Å². The molecule has 1 aliphatic rings. The highest BCUT2D eigenvalue weighted by atomic mass is 16.3. The highest BCUT2D eigenvalue weighted by Crippen LogP contribution is 2.23. The lowest BCUT2D eigenvalue weighted by Crippen LogP contribution is -2.51. The number of phenols is 1. The third-order valence-electron chi connectivity index (χ3n) is 5.22.